The van der Waals surface area contributed by atoms with Crippen LogP contribution in [0.25, 0.3) is 0 Å². The molecule has 27 heavy (non-hydrogen) atoms. The summed E-state index contributed by atoms with van der Waals surface area (Å²) in [6.07, 6.45) is 0. The van der Waals surface area contributed by atoms with Crippen LogP contribution in [0, 0.1) is 11.8 Å². The number of rotatable bonds is 1. The summed E-state index contributed by atoms with van der Waals surface area (Å²) >= 11 is 17.9. The summed E-state index contributed by atoms with van der Waals surface area (Å²) in [5.41, 5.74) is 1.09. The summed E-state index contributed by atoms with van der Waals surface area (Å²) in [6.45, 7) is 1.76. The van der Waals surface area contributed by atoms with E-state index < -0.39 is 0 Å². The highest BCUT2D eigenvalue weighted by Crippen LogP contribution is 2.24. The van der Waals surface area contributed by atoms with E-state index in [1.807, 2.05) is 0 Å². The molecule has 4 nitrogen and oxygen atoms in total. The SMILES string of the molecule is O=C(C#Cc1cccc(Cl)c1Cl)N1CCN(C(=O)c2ccc(Cl)cc2)CC1. The smallest absolute Gasteiger partial charge is 0.298 e. The van der Waals surface area contributed by atoms with Crippen molar-refractivity contribution >= 4 is 46.6 Å². The summed E-state index contributed by atoms with van der Waals surface area (Å²) in [4.78, 5) is 28.1. The first kappa shape index (κ1) is 19.6. The zero-order chi connectivity index (χ0) is 19.4. The summed E-state index contributed by atoms with van der Waals surface area (Å²) in [7, 11) is 0. The highest BCUT2D eigenvalue weighted by atomic mass is 35.5. The maximum absolute atomic E-state index is 12.5. The third-order valence-electron chi connectivity index (χ3n) is 4.20. The molecular weight excluding hydrogens is 407 g/mol. The number of benzene rings is 2. The number of amides is 2. The van der Waals surface area contributed by atoms with Gasteiger partial charge in [0.1, 0.15) is 0 Å². The fraction of sp³-hybridized carbons (Fsp3) is 0.200. The molecule has 1 heterocycles. The van der Waals surface area contributed by atoms with Gasteiger partial charge in [0.2, 0.25) is 0 Å². The van der Waals surface area contributed by atoms with Crippen molar-refractivity contribution < 1.29 is 9.59 Å². The fourth-order valence-electron chi connectivity index (χ4n) is 2.69. The van der Waals surface area contributed by atoms with Crippen molar-refractivity contribution in [2.45, 2.75) is 0 Å². The summed E-state index contributed by atoms with van der Waals surface area (Å²) < 4.78 is 0. The maximum atomic E-state index is 12.5. The van der Waals surface area contributed by atoms with Gasteiger partial charge < -0.3 is 9.80 Å². The van der Waals surface area contributed by atoms with E-state index in [0.29, 0.717) is 52.4 Å². The first-order chi connectivity index (χ1) is 13.0. The molecule has 138 valence electrons. The lowest BCUT2D eigenvalue weighted by Crippen LogP contribution is -2.50. The third kappa shape index (κ3) is 4.75. The summed E-state index contributed by atoms with van der Waals surface area (Å²) in [5.74, 6) is 4.98. The molecule has 1 fully saturated rings. The minimum atomic E-state index is -0.301. The van der Waals surface area contributed by atoms with Gasteiger partial charge in [0.15, 0.2) is 0 Å². The number of hydrogen-bond acceptors (Lipinski definition) is 2. The Kier molecular flexibility index (Phi) is 6.28. The topological polar surface area (TPSA) is 40.6 Å². The van der Waals surface area contributed by atoms with Crippen LogP contribution in [0.5, 0.6) is 0 Å². The molecule has 7 heteroatoms. The lowest BCUT2D eigenvalue weighted by molar-refractivity contribution is -0.126. The summed E-state index contributed by atoms with van der Waals surface area (Å²) in [5, 5.41) is 1.31. The van der Waals surface area contributed by atoms with Gasteiger partial charge in [0.05, 0.1) is 10.0 Å². The molecule has 0 aromatic heterocycles. The molecule has 0 N–H and O–H groups in total. The molecule has 0 spiro atoms. The van der Waals surface area contributed by atoms with Gasteiger partial charge >= 0.3 is 0 Å². The average molecular weight is 422 g/mol. The van der Waals surface area contributed by atoms with Crippen molar-refractivity contribution in [2.24, 2.45) is 0 Å². The molecular formula is C20H15Cl3N2O2. The number of carbonyl (C=O) groups excluding carboxylic acids is 2. The number of hydrogen-bond donors (Lipinski definition) is 0. The van der Waals surface area contributed by atoms with Crippen molar-refractivity contribution in [3.05, 3.63) is 68.7 Å². The van der Waals surface area contributed by atoms with Crippen LogP contribution in [0.3, 0.4) is 0 Å². The van der Waals surface area contributed by atoms with Gasteiger partial charge in [-0.15, -0.1) is 0 Å². The van der Waals surface area contributed by atoms with Crippen molar-refractivity contribution in [3.8, 4) is 11.8 Å². The van der Waals surface area contributed by atoms with Gasteiger partial charge in [-0.3, -0.25) is 9.59 Å². The monoisotopic (exact) mass is 420 g/mol. The molecule has 0 radical (unpaired) electrons. The number of carbonyl (C=O) groups is 2. The third-order valence-corrected chi connectivity index (χ3v) is 5.27. The zero-order valence-corrected chi connectivity index (χ0v) is 16.5. The largest absolute Gasteiger partial charge is 0.335 e. The van der Waals surface area contributed by atoms with Crippen LogP contribution >= 0.6 is 34.8 Å². The highest BCUT2D eigenvalue weighted by molar-refractivity contribution is 6.42. The Hall–Kier alpha value is -2.19. The van der Waals surface area contributed by atoms with E-state index in [1.165, 1.54) is 0 Å². The standard InChI is InChI=1S/C20H15Cl3N2O2/c21-16-7-4-15(5-8-16)20(27)25-12-10-24(11-13-25)18(26)9-6-14-2-1-3-17(22)19(14)23/h1-5,7-8H,10-13H2. The molecule has 0 bridgehead atoms. The lowest BCUT2D eigenvalue weighted by Gasteiger charge is -2.33. The van der Waals surface area contributed by atoms with Crippen LogP contribution in [-0.2, 0) is 4.79 Å². The predicted molar refractivity (Wildman–Crippen MR) is 107 cm³/mol. The Labute approximate surface area is 172 Å². The molecule has 2 amide bonds. The first-order valence-corrected chi connectivity index (χ1v) is 9.39. The molecule has 1 aliphatic heterocycles. The van der Waals surface area contributed by atoms with Gasteiger partial charge in [-0.25, -0.2) is 0 Å². The van der Waals surface area contributed by atoms with Gasteiger partial charge in [0, 0.05) is 48.2 Å². The normalized spacial score (nSPS) is 13.7. The Morgan fingerprint density at radius 2 is 1.48 bits per heavy atom. The Morgan fingerprint density at radius 3 is 2.15 bits per heavy atom. The average Bonchev–Trinajstić information content (AvgIpc) is 2.69. The highest BCUT2D eigenvalue weighted by Gasteiger charge is 2.24. The van der Waals surface area contributed by atoms with Crippen LogP contribution < -0.4 is 0 Å². The molecule has 0 atom stereocenters. The van der Waals surface area contributed by atoms with E-state index in [2.05, 4.69) is 11.8 Å². The van der Waals surface area contributed by atoms with E-state index in [9.17, 15) is 9.59 Å². The van der Waals surface area contributed by atoms with E-state index in [-0.39, 0.29) is 11.8 Å². The molecule has 3 rings (SSSR count). The van der Waals surface area contributed by atoms with Crippen molar-refractivity contribution in [1.29, 1.82) is 0 Å². The lowest BCUT2D eigenvalue weighted by atomic mass is 10.2. The first-order valence-electron chi connectivity index (χ1n) is 8.25. The minimum absolute atomic E-state index is 0.0736. The van der Waals surface area contributed by atoms with E-state index in [0.717, 1.165) is 0 Å². The molecule has 2 aromatic carbocycles. The second-order valence-corrected chi connectivity index (χ2v) is 7.16. The van der Waals surface area contributed by atoms with Crippen molar-refractivity contribution in [1.82, 2.24) is 9.80 Å². The Morgan fingerprint density at radius 1 is 0.852 bits per heavy atom. The molecule has 0 unspecified atom stereocenters. The second-order valence-electron chi connectivity index (χ2n) is 5.94. The zero-order valence-electron chi connectivity index (χ0n) is 14.2. The maximum Gasteiger partial charge on any atom is 0.298 e. The Balaban J connectivity index is 1.60. The Bertz CT molecular complexity index is 924. The van der Waals surface area contributed by atoms with Crippen LogP contribution in [0.2, 0.25) is 15.1 Å². The van der Waals surface area contributed by atoms with Crippen LogP contribution in [0.15, 0.2) is 42.5 Å². The number of piperazine rings is 1. The van der Waals surface area contributed by atoms with Crippen LogP contribution in [-0.4, -0.2) is 47.8 Å². The second kappa shape index (κ2) is 8.67. The van der Waals surface area contributed by atoms with Gasteiger partial charge in [-0.1, -0.05) is 46.8 Å². The van der Waals surface area contributed by atoms with Crippen molar-refractivity contribution in [3.63, 3.8) is 0 Å². The molecule has 1 saturated heterocycles. The molecule has 0 aliphatic carbocycles. The molecule has 0 saturated carbocycles. The predicted octanol–water partition coefficient (Wildman–Crippen LogP) is 3.98. The van der Waals surface area contributed by atoms with Gasteiger partial charge in [0.25, 0.3) is 11.8 Å². The van der Waals surface area contributed by atoms with E-state index in [4.69, 9.17) is 34.8 Å². The van der Waals surface area contributed by atoms with Crippen molar-refractivity contribution in [2.75, 3.05) is 26.2 Å². The minimum Gasteiger partial charge on any atom is -0.335 e. The van der Waals surface area contributed by atoms with Gasteiger partial charge in [-0.05, 0) is 36.4 Å². The van der Waals surface area contributed by atoms with E-state index in [1.54, 1.807) is 52.3 Å². The van der Waals surface area contributed by atoms with Crippen LogP contribution in [0.4, 0.5) is 0 Å². The summed E-state index contributed by atoms with van der Waals surface area (Å²) in [6, 6.07) is 11.9. The quantitative estimate of drug-likeness (QED) is 0.654. The van der Waals surface area contributed by atoms with Gasteiger partial charge in [-0.2, -0.15) is 0 Å². The molecule has 2 aromatic rings. The fourth-order valence-corrected chi connectivity index (χ4v) is 3.16. The number of nitrogens with zero attached hydrogens (tertiary/aromatic N) is 2. The number of halogens is 3. The molecule has 1 aliphatic rings. The van der Waals surface area contributed by atoms with E-state index >= 15 is 0 Å². The van der Waals surface area contributed by atoms with Crippen LogP contribution in [0.1, 0.15) is 15.9 Å².